The smallest absolute Gasteiger partial charge is 0.303 e. The third-order valence-electron chi connectivity index (χ3n) is 3.00. The number of primary amides is 1. The second kappa shape index (κ2) is 7.28. The molecule has 1 unspecified atom stereocenters. The van der Waals surface area contributed by atoms with Crippen LogP contribution in [0.15, 0.2) is 24.3 Å². The van der Waals surface area contributed by atoms with Crippen molar-refractivity contribution in [3.63, 3.8) is 0 Å². The first-order valence-electron chi connectivity index (χ1n) is 6.33. The number of carboxylic acids is 1. The van der Waals surface area contributed by atoms with E-state index in [1.165, 1.54) is 12.1 Å². The molecule has 0 bridgehead atoms. The van der Waals surface area contributed by atoms with Gasteiger partial charge in [-0.3, -0.25) is 14.4 Å². The zero-order valence-electron chi connectivity index (χ0n) is 11.3. The minimum atomic E-state index is -0.887. The highest BCUT2D eigenvalue weighted by Gasteiger charge is 2.14. The lowest BCUT2D eigenvalue weighted by Crippen LogP contribution is -2.30. The molecule has 6 nitrogen and oxygen atoms in total. The van der Waals surface area contributed by atoms with Gasteiger partial charge in [-0.25, -0.2) is 0 Å². The Morgan fingerprint density at radius 1 is 1.30 bits per heavy atom. The summed E-state index contributed by atoms with van der Waals surface area (Å²) in [5, 5.41) is 11.4. The Morgan fingerprint density at radius 3 is 2.50 bits per heavy atom. The summed E-state index contributed by atoms with van der Waals surface area (Å²) >= 11 is 0. The van der Waals surface area contributed by atoms with E-state index < -0.39 is 11.9 Å². The molecule has 0 aliphatic heterocycles. The summed E-state index contributed by atoms with van der Waals surface area (Å²) in [6.07, 6.45) is 0.673. The molecule has 0 aliphatic carbocycles. The molecule has 1 rings (SSSR count). The molecule has 2 amide bonds. The number of amides is 2. The van der Waals surface area contributed by atoms with E-state index in [1.807, 2.05) is 6.92 Å². The minimum Gasteiger partial charge on any atom is -0.481 e. The van der Waals surface area contributed by atoms with Crippen LogP contribution in [0, 0.1) is 5.92 Å². The van der Waals surface area contributed by atoms with E-state index in [-0.39, 0.29) is 30.4 Å². The zero-order valence-corrected chi connectivity index (χ0v) is 11.3. The maximum absolute atomic E-state index is 11.9. The molecule has 0 spiro atoms. The summed E-state index contributed by atoms with van der Waals surface area (Å²) in [7, 11) is 0. The molecule has 6 heteroatoms. The van der Waals surface area contributed by atoms with Crippen molar-refractivity contribution in [3.8, 4) is 0 Å². The van der Waals surface area contributed by atoms with Crippen molar-refractivity contribution in [2.75, 3.05) is 6.54 Å². The van der Waals surface area contributed by atoms with Crippen LogP contribution < -0.4 is 11.1 Å². The Balaban J connectivity index is 2.64. The number of carboxylic acid groups (broad SMARTS) is 1. The normalized spacial score (nSPS) is 11.7. The van der Waals surface area contributed by atoms with Crippen molar-refractivity contribution < 1.29 is 19.5 Å². The molecule has 1 aromatic rings. The van der Waals surface area contributed by atoms with E-state index in [2.05, 4.69) is 5.32 Å². The Bertz CT molecular complexity index is 514. The predicted molar refractivity (Wildman–Crippen MR) is 73.3 cm³/mol. The molecule has 0 heterocycles. The van der Waals surface area contributed by atoms with Crippen LogP contribution in [0.5, 0.6) is 0 Å². The molecule has 0 fully saturated rings. The second-order valence-corrected chi connectivity index (χ2v) is 4.53. The molecule has 0 aliphatic rings. The van der Waals surface area contributed by atoms with Gasteiger partial charge in [0.05, 0.1) is 0 Å². The van der Waals surface area contributed by atoms with Crippen LogP contribution in [-0.2, 0) is 4.79 Å². The first-order chi connectivity index (χ1) is 9.43. The van der Waals surface area contributed by atoms with Gasteiger partial charge in [-0.2, -0.15) is 0 Å². The first-order valence-corrected chi connectivity index (χ1v) is 6.33. The van der Waals surface area contributed by atoms with E-state index in [0.717, 1.165) is 0 Å². The molecule has 0 aromatic heterocycles. The van der Waals surface area contributed by atoms with Gasteiger partial charge in [-0.05, 0) is 24.1 Å². The maximum Gasteiger partial charge on any atom is 0.303 e. The first kappa shape index (κ1) is 15.7. The van der Waals surface area contributed by atoms with Crippen molar-refractivity contribution in [3.05, 3.63) is 35.4 Å². The summed E-state index contributed by atoms with van der Waals surface area (Å²) in [4.78, 5) is 33.6. The molecule has 20 heavy (non-hydrogen) atoms. The molecule has 1 atom stereocenters. The fourth-order valence-electron chi connectivity index (χ4n) is 1.76. The van der Waals surface area contributed by atoms with Crippen molar-refractivity contribution >= 4 is 17.8 Å². The van der Waals surface area contributed by atoms with Crippen molar-refractivity contribution in [2.45, 2.75) is 19.8 Å². The molecule has 108 valence electrons. The van der Waals surface area contributed by atoms with Crippen LogP contribution in [0.4, 0.5) is 0 Å². The number of hydrogen-bond acceptors (Lipinski definition) is 3. The third-order valence-corrected chi connectivity index (χ3v) is 3.00. The molecule has 1 aromatic carbocycles. The number of carbonyl (C=O) groups excluding carboxylic acids is 2. The lowest BCUT2D eigenvalue weighted by atomic mass is 10.0. The van der Waals surface area contributed by atoms with Gasteiger partial charge in [-0.1, -0.05) is 19.4 Å². The number of rotatable bonds is 7. The average molecular weight is 278 g/mol. The van der Waals surface area contributed by atoms with Gasteiger partial charge >= 0.3 is 5.97 Å². The number of carbonyl (C=O) groups is 3. The maximum atomic E-state index is 11.9. The topological polar surface area (TPSA) is 109 Å². The largest absolute Gasteiger partial charge is 0.481 e. The molecule has 4 N–H and O–H groups in total. The van der Waals surface area contributed by atoms with Crippen LogP contribution in [-0.4, -0.2) is 29.4 Å². The van der Waals surface area contributed by atoms with Crippen LogP contribution >= 0.6 is 0 Å². The lowest BCUT2D eigenvalue weighted by molar-refractivity contribution is -0.138. The number of nitrogens with two attached hydrogens (primary N) is 1. The van der Waals surface area contributed by atoms with E-state index in [9.17, 15) is 14.4 Å². The fraction of sp³-hybridized carbons (Fsp3) is 0.357. The van der Waals surface area contributed by atoms with Crippen molar-refractivity contribution in [2.24, 2.45) is 11.7 Å². The van der Waals surface area contributed by atoms with E-state index >= 15 is 0 Å². The Kier molecular flexibility index (Phi) is 5.71. The molecule has 0 radical (unpaired) electrons. The monoisotopic (exact) mass is 278 g/mol. The molecule has 0 saturated heterocycles. The molecular formula is C14H18N2O4. The van der Waals surface area contributed by atoms with Crippen molar-refractivity contribution in [1.82, 2.24) is 5.32 Å². The second-order valence-electron chi connectivity index (χ2n) is 4.53. The predicted octanol–water partition coefficient (Wildman–Crippen LogP) is 1.02. The summed E-state index contributed by atoms with van der Waals surface area (Å²) in [6, 6.07) is 6.08. The number of nitrogens with one attached hydrogen (secondary N) is 1. The number of hydrogen-bond donors (Lipinski definition) is 3. The summed E-state index contributed by atoms with van der Waals surface area (Å²) in [6.45, 7) is 2.15. The quantitative estimate of drug-likeness (QED) is 0.691. The Labute approximate surface area is 117 Å². The van der Waals surface area contributed by atoms with E-state index in [0.29, 0.717) is 12.0 Å². The van der Waals surface area contributed by atoms with E-state index in [1.54, 1.807) is 12.1 Å². The highest BCUT2D eigenvalue weighted by molar-refractivity contribution is 5.99. The van der Waals surface area contributed by atoms with Crippen LogP contribution in [0.25, 0.3) is 0 Å². The highest BCUT2D eigenvalue weighted by atomic mass is 16.4. The van der Waals surface area contributed by atoms with Crippen LogP contribution in [0.3, 0.4) is 0 Å². The highest BCUT2D eigenvalue weighted by Crippen LogP contribution is 2.08. The molecular weight excluding hydrogens is 260 g/mol. The summed E-state index contributed by atoms with van der Waals surface area (Å²) < 4.78 is 0. The van der Waals surface area contributed by atoms with Gasteiger partial charge in [0.15, 0.2) is 0 Å². The van der Waals surface area contributed by atoms with Crippen LogP contribution in [0.1, 0.15) is 40.5 Å². The Hall–Kier alpha value is -2.37. The third kappa shape index (κ3) is 4.72. The SMILES string of the molecule is CCC(CNC(=O)c1cccc(C(N)=O)c1)CC(=O)O. The summed E-state index contributed by atoms with van der Waals surface area (Å²) in [5.74, 6) is -1.95. The standard InChI is InChI=1S/C14H18N2O4/c1-2-9(6-12(17)18)8-16-14(20)11-5-3-4-10(7-11)13(15)19/h3-5,7,9H,2,6,8H2,1H3,(H2,15,19)(H,16,20)(H,17,18). The minimum absolute atomic E-state index is 0.0120. The van der Waals surface area contributed by atoms with Gasteiger partial charge < -0.3 is 16.2 Å². The fourth-order valence-corrected chi connectivity index (χ4v) is 1.76. The molecule has 0 saturated carbocycles. The summed E-state index contributed by atoms with van der Waals surface area (Å²) in [5.41, 5.74) is 5.73. The number of aliphatic carboxylic acids is 1. The van der Waals surface area contributed by atoms with Gasteiger partial charge in [0.2, 0.25) is 5.91 Å². The van der Waals surface area contributed by atoms with Gasteiger partial charge in [-0.15, -0.1) is 0 Å². The van der Waals surface area contributed by atoms with Crippen LogP contribution in [0.2, 0.25) is 0 Å². The lowest BCUT2D eigenvalue weighted by Gasteiger charge is -2.13. The average Bonchev–Trinajstić information content (AvgIpc) is 2.42. The zero-order chi connectivity index (χ0) is 15.1. The van der Waals surface area contributed by atoms with Gasteiger partial charge in [0.25, 0.3) is 5.91 Å². The van der Waals surface area contributed by atoms with Crippen molar-refractivity contribution in [1.29, 1.82) is 0 Å². The van der Waals surface area contributed by atoms with Gasteiger partial charge in [0, 0.05) is 24.1 Å². The van der Waals surface area contributed by atoms with Gasteiger partial charge in [0.1, 0.15) is 0 Å². The van der Waals surface area contributed by atoms with E-state index in [4.69, 9.17) is 10.8 Å². The number of benzene rings is 1. The Morgan fingerprint density at radius 2 is 1.95 bits per heavy atom.